The lowest BCUT2D eigenvalue weighted by atomic mass is 9.97. The van der Waals surface area contributed by atoms with E-state index in [1.165, 1.54) is 6.08 Å². The maximum Gasteiger partial charge on any atom is 0.220 e. The van der Waals surface area contributed by atoms with E-state index < -0.39 is 67.5 Å². The predicted octanol–water partition coefficient (Wildman–Crippen LogP) is 0.624. The molecule has 2 aliphatic rings. The number of aliphatic hydroxyl groups is 7. The Morgan fingerprint density at radius 2 is 1.02 bits per heavy atom. The monoisotopic (exact) mass is 654 g/mol. The van der Waals surface area contributed by atoms with Crippen LogP contribution in [0, 0.1) is 0 Å². The summed E-state index contributed by atoms with van der Waals surface area (Å²) in [4.78, 5) is 14.3. The Hall–Kier alpha value is -2.80. The van der Waals surface area contributed by atoms with Crippen molar-refractivity contribution in [1.29, 1.82) is 0 Å². The molecule has 14 heteroatoms. The summed E-state index contributed by atoms with van der Waals surface area (Å²) in [6.07, 6.45) is 12.8. The molecule has 14 nitrogen and oxygen atoms in total. The van der Waals surface area contributed by atoms with Gasteiger partial charge in [0.1, 0.15) is 36.8 Å². The van der Waals surface area contributed by atoms with Gasteiger partial charge in [0.2, 0.25) is 6.29 Å². The lowest BCUT2D eigenvalue weighted by Gasteiger charge is -2.43. The summed E-state index contributed by atoms with van der Waals surface area (Å²) in [6, 6.07) is 0. The topological polar surface area (TPSA) is 217 Å². The highest BCUT2D eigenvalue weighted by Crippen LogP contribution is 2.30. The van der Waals surface area contributed by atoms with Crippen LogP contribution in [-0.2, 0) is 28.9 Å². The van der Waals surface area contributed by atoms with Gasteiger partial charge in [-0.15, -0.1) is 0 Å². The van der Waals surface area contributed by atoms with Gasteiger partial charge in [-0.25, -0.2) is 15.0 Å². The fourth-order valence-corrected chi connectivity index (χ4v) is 4.29. The average Bonchev–Trinajstić information content (AvgIpc) is 3.04. The van der Waals surface area contributed by atoms with Gasteiger partial charge in [-0.1, -0.05) is 85.1 Å². The third-order valence-corrected chi connectivity index (χ3v) is 6.72. The standard InChI is InChI=1S/C32H46O14/c1-22(16-14-12-10-8-6-4-2-3-5-7-9-11-13-15-21-41-40)42-32-30(28(38)26(36)24(44-32)18-20-34)45-46-31-29(39)27(37)25(35)23(43-31)17-19-33/h2-16,21-40H,17-20H2,1H3/b4-2+,5-3+,8-6+,9-7+,12-10+,13-11+,16-14+,21-15+/t22?,23?,24?,25-,26-,27?,28?,29-,30-,31?,32?/m1/s1. The molecule has 8 N–H and O–H groups in total. The third-order valence-electron chi connectivity index (χ3n) is 6.72. The van der Waals surface area contributed by atoms with Crippen LogP contribution in [0.2, 0.25) is 0 Å². The first-order chi connectivity index (χ1) is 22.2. The molecule has 0 spiro atoms. The number of ether oxygens (including phenoxy) is 3. The van der Waals surface area contributed by atoms with Gasteiger partial charge in [0.05, 0.1) is 18.3 Å². The lowest BCUT2D eigenvalue weighted by Crippen LogP contribution is -2.61. The van der Waals surface area contributed by atoms with Gasteiger partial charge in [-0.05, 0) is 25.8 Å². The van der Waals surface area contributed by atoms with E-state index in [4.69, 9.17) is 29.2 Å². The molecule has 2 rings (SSSR count). The molecule has 0 saturated carbocycles. The van der Waals surface area contributed by atoms with Crippen LogP contribution >= 0.6 is 0 Å². The van der Waals surface area contributed by atoms with Gasteiger partial charge in [-0.2, -0.15) is 0 Å². The Morgan fingerprint density at radius 1 is 0.565 bits per heavy atom. The molecule has 0 bridgehead atoms. The minimum atomic E-state index is -1.74. The average molecular weight is 655 g/mol. The summed E-state index contributed by atoms with van der Waals surface area (Å²) in [6.45, 7) is 1.01. The first-order valence-corrected chi connectivity index (χ1v) is 14.8. The lowest BCUT2D eigenvalue weighted by molar-refractivity contribution is -0.471. The van der Waals surface area contributed by atoms with Crippen LogP contribution in [0.3, 0.4) is 0 Å². The number of hydrogen-bond acceptors (Lipinski definition) is 14. The molecule has 0 aromatic carbocycles. The van der Waals surface area contributed by atoms with Crippen LogP contribution in [-0.4, -0.2) is 122 Å². The fourth-order valence-electron chi connectivity index (χ4n) is 4.29. The smallest absolute Gasteiger partial charge is 0.220 e. The molecule has 0 aliphatic carbocycles. The summed E-state index contributed by atoms with van der Waals surface area (Å²) in [7, 11) is 0. The summed E-state index contributed by atoms with van der Waals surface area (Å²) < 4.78 is 17.1. The van der Waals surface area contributed by atoms with Crippen molar-refractivity contribution in [3.05, 3.63) is 97.4 Å². The molecule has 0 radical (unpaired) electrons. The highest BCUT2D eigenvalue weighted by atomic mass is 17.2. The molecule has 2 aliphatic heterocycles. The SMILES string of the molecule is CC(/C=C/C=C/C=C/C=C/C=C/C=C/C=C/C=C/OO)OC1OC(CCO)[C@@H](O)C(O)[C@H]1OOC1OC(CCO)[C@@H](O)C(O)[C@H]1O. The molecule has 2 saturated heterocycles. The molecular formula is C32H46O14. The summed E-state index contributed by atoms with van der Waals surface area (Å²) in [5.74, 6) is 0. The van der Waals surface area contributed by atoms with Crippen molar-refractivity contribution >= 4 is 0 Å². The largest absolute Gasteiger partial charge is 0.396 e. The Labute approximate surface area is 267 Å². The second kappa shape index (κ2) is 22.7. The zero-order valence-electron chi connectivity index (χ0n) is 25.4. The number of rotatable bonds is 18. The fraction of sp³-hybridized carbons (Fsp3) is 0.500. The van der Waals surface area contributed by atoms with Crippen LogP contribution in [0.5, 0.6) is 0 Å². The molecule has 0 aromatic rings. The first kappa shape index (κ1) is 39.4. The van der Waals surface area contributed by atoms with Crippen LogP contribution < -0.4 is 0 Å². The van der Waals surface area contributed by atoms with E-state index in [-0.39, 0.29) is 26.1 Å². The van der Waals surface area contributed by atoms with E-state index in [9.17, 15) is 35.7 Å². The van der Waals surface area contributed by atoms with Crippen molar-refractivity contribution in [2.45, 2.75) is 87.3 Å². The quantitative estimate of drug-likeness (QED) is 0.0440. The zero-order chi connectivity index (χ0) is 33.7. The number of hydrogen-bond donors (Lipinski definition) is 8. The van der Waals surface area contributed by atoms with Crippen molar-refractivity contribution in [3.8, 4) is 0 Å². The van der Waals surface area contributed by atoms with Gasteiger partial charge in [-0.3, -0.25) is 0 Å². The second-order valence-corrected chi connectivity index (χ2v) is 10.2. The third kappa shape index (κ3) is 13.5. The predicted molar refractivity (Wildman–Crippen MR) is 164 cm³/mol. The van der Waals surface area contributed by atoms with Crippen LogP contribution in [0.25, 0.3) is 0 Å². The van der Waals surface area contributed by atoms with Gasteiger partial charge in [0.15, 0.2) is 12.4 Å². The van der Waals surface area contributed by atoms with E-state index in [0.29, 0.717) is 0 Å². The summed E-state index contributed by atoms with van der Waals surface area (Å²) >= 11 is 0. The van der Waals surface area contributed by atoms with Crippen molar-refractivity contribution < 1.29 is 69.9 Å². The van der Waals surface area contributed by atoms with E-state index in [1.54, 1.807) is 43.4 Å². The van der Waals surface area contributed by atoms with E-state index >= 15 is 0 Å². The highest BCUT2D eigenvalue weighted by molar-refractivity contribution is 5.21. The highest BCUT2D eigenvalue weighted by Gasteiger charge is 2.49. The van der Waals surface area contributed by atoms with Crippen molar-refractivity contribution in [3.63, 3.8) is 0 Å². The molecule has 258 valence electrons. The van der Waals surface area contributed by atoms with Crippen molar-refractivity contribution in [2.24, 2.45) is 0 Å². The van der Waals surface area contributed by atoms with Gasteiger partial charge >= 0.3 is 0 Å². The molecular weight excluding hydrogens is 608 g/mol. The van der Waals surface area contributed by atoms with E-state index in [1.807, 2.05) is 48.6 Å². The minimum Gasteiger partial charge on any atom is -0.396 e. The van der Waals surface area contributed by atoms with Crippen LogP contribution in [0.15, 0.2) is 97.4 Å². The Bertz CT molecular complexity index is 1070. The molecule has 2 fully saturated rings. The Kier molecular flexibility index (Phi) is 19.4. The summed E-state index contributed by atoms with van der Waals surface area (Å²) in [5.41, 5.74) is 0. The zero-order valence-corrected chi connectivity index (χ0v) is 25.4. The normalized spacial score (nSPS) is 33.8. The first-order valence-electron chi connectivity index (χ1n) is 14.8. The second-order valence-electron chi connectivity index (χ2n) is 10.2. The van der Waals surface area contributed by atoms with Gasteiger partial charge in [0, 0.05) is 13.2 Å². The van der Waals surface area contributed by atoms with E-state index in [0.717, 1.165) is 6.26 Å². The van der Waals surface area contributed by atoms with E-state index in [2.05, 4.69) is 4.89 Å². The van der Waals surface area contributed by atoms with Gasteiger partial charge in [0.25, 0.3) is 0 Å². The molecule has 11 atom stereocenters. The van der Waals surface area contributed by atoms with Crippen LogP contribution in [0.4, 0.5) is 0 Å². The van der Waals surface area contributed by atoms with Crippen LogP contribution in [0.1, 0.15) is 19.8 Å². The summed E-state index contributed by atoms with van der Waals surface area (Å²) in [5, 5.41) is 78.5. The maximum absolute atomic E-state index is 10.8. The Morgan fingerprint density at radius 3 is 1.52 bits per heavy atom. The molecule has 46 heavy (non-hydrogen) atoms. The van der Waals surface area contributed by atoms with Crippen molar-refractivity contribution in [2.75, 3.05) is 13.2 Å². The molecule has 0 amide bonds. The Balaban J connectivity index is 1.93. The molecule has 7 unspecified atom stereocenters. The maximum atomic E-state index is 10.8. The van der Waals surface area contributed by atoms with Gasteiger partial charge < -0.3 is 54.8 Å². The molecule has 0 aromatic heterocycles. The van der Waals surface area contributed by atoms with Crippen molar-refractivity contribution in [1.82, 2.24) is 0 Å². The number of allylic oxidation sites excluding steroid dienone is 14. The number of aliphatic hydroxyl groups excluding tert-OH is 7. The molecule has 2 heterocycles. The minimum absolute atomic E-state index is 0.000733.